The smallest absolute Gasteiger partial charge is 0.451 e. The minimum atomic E-state index is -4.72. The largest absolute Gasteiger partial charge is 0.504 e. The van der Waals surface area contributed by atoms with Crippen molar-refractivity contribution in [2.45, 2.75) is 179 Å². The molecule has 0 radical (unpaired) electrons. The number of fused-ring (bicyclic) bond motifs is 1. The number of methoxy groups -OCH3 is 1. The topological polar surface area (TPSA) is 293 Å². The molecule has 0 aliphatic rings. The van der Waals surface area contributed by atoms with Gasteiger partial charge < -0.3 is 44.2 Å². The van der Waals surface area contributed by atoms with Crippen molar-refractivity contribution >= 4 is 94.9 Å². The quantitative estimate of drug-likeness (QED) is 0.00294. The molecule has 7 N–H and O–H groups in total. The number of hydrogen-bond acceptors (Lipinski definition) is 17. The lowest BCUT2D eigenvalue weighted by atomic mass is 9.76. The molecule has 3 atom stereocenters. The molecule has 600 valence electrons. The fourth-order valence-corrected chi connectivity index (χ4v) is 12.1. The summed E-state index contributed by atoms with van der Waals surface area (Å²) in [6.45, 7) is 33.6. The van der Waals surface area contributed by atoms with E-state index in [1.807, 2.05) is 52.0 Å². The van der Waals surface area contributed by atoms with Gasteiger partial charge in [-0.2, -0.15) is 17.4 Å². The molecule has 7 aromatic carbocycles. The molecule has 0 spiro atoms. The number of Topliss-reactive ketones (excluding diaryl/α,β-unsaturated/α-hetero) is 1. The summed E-state index contributed by atoms with van der Waals surface area (Å²) in [6, 6.07) is 37.2. The van der Waals surface area contributed by atoms with Crippen molar-refractivity contribution in [2.24, 2.45) is 11.8 Å². The molecular formula is C83H105ClF3N8O14PS. The summed E-state index contributed by atoms with van der Waals surface area (Å²) in [5.74, 6) is -1.18. The maximum Gasteiger partial charge on any atom is 0.451 e. The second-order valence-corrected chi connectivity index (χ2v) is 29.4. The zero-order chi connectivity index (χ0) is 82.3. The van der Waals surface area contributed by atoms with Crippen molar-refractivity contribution in [1.29, 1.82) is 0 Å². The zero-order valence-electron chi connectivity index (χ0n) is 66.2. The van der Waals surface area contributed by atoms with Crippen molar-refractivity contribution in [2.75, 3.05) is 54.3 Å². The number of nitrogens with one attached hydrogen (secondary N) is 6. The van der Waals surface area contributed by atoms with E-state index in [0.29, 0.717) is 77.0 Å². The minimum absolute atomic E-state index is 0.0590. The van der Waals surface area contributed by atoms with Crippen LogP contribution in [0.4, 0.5) is 40.8 Å². The number of phenolic OH excluding ortho intramolecular Hbond substituents is 1. The number of aryl methyl sites for hydroxylation is 4. The van der Waals surface area contributed by atoms with Crippen LogP contribution in [-0.4, -0.2) is 88.5 Å². The normalized spacial score (nSPS) is 12.1. The third-order valence-electron chi connectivity index (χ3n) is 18.2. The first-order valence-electron chi connectivity index (χ1n) is 36.7. The van der Waals surface area contributed by atoms with Gasteiger partial charge in [-0.25, -0.2) is 24.1 Å². The Bertz CT molecular complexity index is 4440. The molecular weight excluding hydrogens is 1490 g/mol. The number of esters is 1. The summed E-state index contributed by atoms with van der Waals surface area (Å²) < 4.78 is 97.4. The number of rotatable bonds is 33. The van der Waals surface area contributed by atoms with E-state index in [1.54, 1.807) is 88.4 Å². The third kappa shape index (κ3) is 28.1. The number of aromatic hydroxyl groups is 1. The second kappa shape index (κ2) is 44.2. The van der Waals surface area contributed by atoms with Gasteiger partial charge in [0.15, 0.2) is 11.6 Å². The predicted octanol–water partition coefficient (Wildman–Crippen LogP) is 19.9. The lowest BCUT2D eigenvalue weighted by Crippen LogP contribution is -2.40. The standard InChI is InChI=1S/C29H38F3N5O2.C26H25NO6.C20H25ClN2O4S.C8H17O2P/c1-7-27(3,4)19-14-15-23(21(18-19)28(5,6)8-2)39-17-11-16-33-26(38)37-36-24-20-12-9-10-13-22(20)34-25(35-24)29(30,31)32;1-4-32-26(30)19-11-13-20(14-12-19)33-24(23(28)18-8-6-5-7-9-18)25(29)27-21-16-17(2)10-15-22(21)31-3;1-10(2)20(25)22-16-9-15(14(6)17(21)18(16)24)23-28(26)27-19-12(4)7-11(3)8-13(19)5;1-3-5-6-8(4-2)7-10-11-9/h9-10,12-15,18H,7-8,11,16-17H2,1-6H3,(H2,33,37,38)(H,34,35,36);5-16,24H,4H2,1-3H3,(H,27,29);7-10,23-24H,1-6H3,(H,22,25);8H,3-7H2,1-2H3. The van der Waals surface area contributed by atoms with Crippen molar-refractivity contribution in [3.63, 3.8) is 0 Å². The Morgan fingerprint density at radius 1 is 0.703 bits per heavy atom. The average Bonchev–Trinajstić information content (AvgIpc) is 0.776. The van der Waals surface area contributed by atoms with Gasteiger partial charge in [-0.3, -0.25) is 34.5 Å². The van der Waals surface area contributed by atoms with Crippen molar-refractivity contribution in [3.8, 4) is 28.7 Å². The van der Waals surface area contributed by atoms with Crippen LogP contribution in [0.15, 0.2) is 133 Å². The Morgan fingerprint density at radius 3 is 1.95 bits per heavy atom. The number of benzene rings is 7. The molecule has 0 bridgehead atoms. The van der Waals surface area contributed by atoms with E-state index in [-0.39, 0.29) is 71.5 Å². The number of nitrogens with zero attached hydrogens (tertiary/aromatic N) is 2. The summed E-state index contributed by atoms with van der Waals surface area (Å²) in [5.41, 5.74) is 13.2. The molecule has 1 heterocycles. The number of unbranched alkanes of at least 4 members (excludes halogenated alkanes) is 1. The second-order valence-electron chi connectivity index (χ2n) is 27.8. The van der Waals surface area contributed by atoms with Crippen LogP contribution in [-0.2, 0) is 51.7 Å². The number of alkyl halides is 3. The molecule has 1 aromatic heterocycles. The van der Waals surface area contributed by atoms with Gasteiger partial charge in [0.1, 0.15) is 23.0 Å². The first kappa shape index (κ1) is 91.7. The SMILES string of the molecule is CCC(C)(C)c1ccc(OCCCNC(=O)NNc2nc(C(F)(F)F)nc3ccccc23)c(C(C)(C)CC)c1.CCCCC(CC)COP=O.CCOC(=O)c1ccc(OC(C(=O)Nc2cc(C)ccc2OC)C(=O)c2ccccc2)cc1.Cc1cc(C)c(OS(=O)Nc2cc(NC(=O)C(C)C)c(O)c(Cl)c2C)c(C)c1. The molecule has 0 aliphatic heterocycles. The van der Waals surface area contributed by atoms with E-state index < -0.39 is 53.1 Å². The third-order valence-corrected chi connectivity index (χ3v) is 19.6. The number of ketones is 1. The molecule has 0 saturated heterocycles. The molecule has 0 saturated carbocycles. The summed E-state index contributed by atoms with van der Waals surface area (Å²) in [5, 5.41) is 18.6. The van der Waals surface area contributed by atoms with E-state index >= 15 is 0 Å². The number of carbonyl (C=O) groups excluding carboxylic acids is 5. The van der Waals surface area contributed by atoms with Crippen LogP contribution in [0.1, 0.15) is 187 Å². The Morgan fingerprint density at radius 2 is 1.34 bits per heavy atom. The molecule has 22 nitrogen and oxygen atoms in total. The summed E-state index contributed by atoms with van der Waals surface area (Å²) >= 11 is 4.27. The molecule has 28 heteroatoms. The number of ether oxygens (including phenoxy) is 4. The highest BCUT2D eigenvalue weighted by atomic mass is 35.5. The zero-order valence-corrected chi connectivity index (χ0v) is 68.7. The first-order chi connectivity index (χ1) is 52.6. The Balaban J connectivity index is 0.000000281. The predicted molar refractivity (Wildman–Crippen MR) is 433 cm³/mol. The molecule has 111 heavy (non-hydrogen) atoms. The van der Waals surface area contributed by atoms with Crippen LogP contribution >= 0.6 is 20.3 Å². The summed E-state index contributed by atoms with van der Waals surface area (Å²) in [4.78, 5) is 69.6. The summed E-state index contributed by atoms with van der Waals surface area (Å²) in [7, 11) is 1.31. The van der Waals surface area contributed by atoms with Gasteiger partial charge in [-0.15, -0.1) is 0 Å². The van der Waals surface area contributed by atoms with E-state index in [0.717, 1.165) is 52.8 Å². The maximum atomic E-state index is 13.2. The lowest BCUT2D eigenvalue weighted by Gasteiger charge is -2.30. The molecule has 8 aromatic rings. The number of aromatic nitrogens is 2. The van der Waals surface area contributed by atoms with Crippen molar-refractivity contribution in [3.05, 3.63) is 194 Å². The van der Waals surface area contributed by atoms with Gasteiger partial charge >= 0.3 is 38.1 Å². The number of phenols is 1. The van der Waals surface area contributed by atoms with Crippen molar-refractivity contribution < 1.29 is 78.7 Å². The lowest BCUT2D eigenvalue weighted by molar-refractivity contribution is -0.144. The van der Waals surface area contributed by atoms with Gasteiger partial charge in [0.25, 0.3) is 5.91 Å². The first-order valence-corrected chi connectivity index (χ1v) is 38.9. The van der Waals surface area contributed by atoms with Gasteiger partial charge in [-0.05, 0) is 172 Å². The number of hydrogen-bond donors (Lipinski definition) is 7. The monoisotopic (exact) mass is 1590 g/mol. The van der Waals surface area contributed by atoms with E-state index in [9.17, 15) is 51.0 Å². The Kier molecular flexibility index (Phi) is 36.6. The maximum absolute atomic E-state index is 13.2. The number of para-hydroxylation sites is 1. The number of amides is 4. The fourth-order valence-electron chi connectivity index (χ4n) is 10.8. The highest BCUT2D eigenvalue weighted by Crippen LogP contribution is 2.41. The highest BCUT2D eigenvalue weighted by Gasteiger charge is 2.36. The van der Waals surface area contributed by atoms with Crippen LogP contribution in [0, 0.1) is 46.5 Å². The Labute approximate surface area is 658 Å². The molecule has 4 amide bonds. The fraction of sp³-hybridized carbons (Fsp3) is 0.410. The average molecular weight is 1590 g/mol. The van der Waals surface area contributed by atoms with E-state index in [4.69, 9.17) is 39.3 Å². The Hall–Kier alpha value is -9.88. The molecule has 8 rings (SSSR count). The number of carbonyl (C=O) groups is 5. The number of hydrazine groups is 1. The highest BCUT2D eigenvalue weighted by molar-refractivity contribution is 7.82. The number of halogens is 4. The van der Waals surface area contributed by atoms with Crippen LogP contribution < -0.4 is 49.9 Å². The van der Waals surface area contributed by atoms with E-state index in [1.165, 1.54) is 68.3 Å². The molecule has 3 unspecified atom stereocenters. The number of urea groups is 1. The molecule has 0 aliphatic carbocycles. The van der Waals surface area contributed by atoms with Gasteiger partial charge in [0.05, 0.1) is 60.1 Å². The van der Waals surface area contributed by atoms with Gasteiger partial charge in [0.2, 0.25) is 23.6 Å². The van der Waals surface area contributed by atoms with E-state index in [2.05, 4.69) is 109 Å². The summed E-state index contributed by atoms with van der Waals surface area (Å²) in [6.07, 6.45) is 1.13. The van der Waals surface area contributed by atoms with Crippen LogP contribution in [0.3, 0.4) is 0 Å². The van der Waals surface area contributed by atoms with Crippen LogP contribution in [0.5, 0.6) is 28.7 Å². The van der Waals surface area contributed by atoms with Crippen LogP contribution in [0.25, 0.3) is 10.9 Å². The van der Waals surface area contributed by atoms with Crippen molar-refractivity contribution in [1.82, 2.24) is 20.7 Å². The van der Waals surface area contributed by atoms with Gasteiger partial charge in [-0.1, -0.05) is 178 Å². The molecule has 0 fully saturated rings. The minimum Gasteiger partial charge on any atom is -0.504 e. The van der Waals surface area contributed by atoms with Crippen LogP contribution in [0.2, 0.25) is 5.02 Å². The van der Waals surface area contributed by atoms with Gasteiger partial charge in [0, 0.05) is 29.0 Å². The number of anilines is 4.